The highest BCUT2D eigenvalue weighted by molar-refractivity contribution is 7.58. The lowest BCUT2D eigenvalue weighted by atomic mass is 10.1. The molecule has 4 nitrogen and oxygen atoms in total. The van der Waals surface area contributed by atoms with Crippen LogP contribution in [0, 0.1) is 0 Å². The number of carbonyl (C=O) groups is 1. The Morgan fingerprint density at radius 1 is 0.913 bits per heavy atom. The predicted molar refractivity (Wildman–Crippen MR) is 97.2 cm³/mol. The van der Waals surface area contributed by atoms with Crippen LogP contribution in [-0.2, 0) is 9.36 Å². The van der Waals surface area contributed by atoms with Crippen molar-refractivity contribution >= 4 is 13.3 Å². The van der Waals surface area contributed by atoms with Gasteiger partial charge in [-0.25, -0.2) is 0 Å². The Morgan fingerprint density at radius 2 is 1.39 bits per heavy atom. The van der Waals surface area contributed by atoms with Crippen molar-refractivity contribution in [2.45, 2.75) is 59.8 Å². The van der Waals surface area contributed by atoms with Gasteiger partial charge in [-0.2, -0.15) is 0 Å². The summed E-state index contributed by atoms with van der Waals surface area (Å²) >= 11 is 0. The molecule has 0 bridgehead atoms. The average Bonchev–Trinajstić information content (AvgIpc) is 2.36. The summed E-state index contributed by atoms with van der Waals surface area (Å²) in [5.74, 6) is -1.22. The molecule has 0 amide bonds. The van der Waals surface area contributed by atoms with Gasteiger partial charge in [-0.3, -0.25) is 9.36 Å². The molecular formula is C18H31O4P. The van der Waals surface area contributed by atoms with Crippen molar-refractivity contribution in [2.75, 3.05) is 12.3 Å². The van der Waals surface area contributed by atoms with Crippen LogP contribution in [0.25, 0.3) is 0 Å². The van der Waals surface area contributed by atoms with Gasteiger partial charge >= 0.3 is 5.97 Å². The van der Waals surface area contributed by atoms with Gasteiger partial charge < -0.3 is 10.00 Å². The van der Waals surface area contributed by atoms with Crippen molar-refractivity contribution in [3.05, 3.63) is 34.9 Å². The number of carboxylic acids is 1. The maximum Gasteiger partial charge on any atom is 0.313 e. The Bertz CT molecular complexity index is 511. The molecule has 0 spiro atoms. The van der Waals surface area contributed by atoms with Crippen LogP contribution in [0.15, 0.2) is 34.9 Å². The minimum atomic E-state index is -3.53. The molecule has 0 aromatic carbocycles. The van der Waals surface area contributed by atoms with Gasteiger partial charge in [-0.05, 0) is 59.8 Å². The highest BCUT2D eigenvalue weighted by Gasteiger charge is 2.21. The number of allylic oxidation sites excluding steroid dienone is 6. The standard InChI is InChI=1S/C18H31O4P/c1-15(2)8-5-9-16(3)10-6-11-17(4)12-7-13-23(21,22)14-18(19)20/h8,10,12H,5-7,9,11,13-14H2,1-4H3,(H,19,20)(H,21,22)/b16-10+,17-12+. The van der Waals surface area contributed by atoms with Gasteiger partial charge in [0.15, 0.2) is 0 Å². The lowest BCUT2D eigenvalue weighted by Gasteiger charge is -2.07. The van der Waals surface area contributed by atoms with Gasteiger partial charge in [0, 0.05) is 6.16 Å². The Balaban J connectivity index is 4.09. The van der Waals surface area contributed by atoms with E-state index >= 15 is 0 Å². The van der Waals surface area contributed by atoms with E-state index in [1.54, 1.807) is 0 Å². The van der Waals surface area contributed by atoms with Crippen LogP contribution < -0.4 is 0 Å². The number of rotatable bonds is 11. The highest BCUT2D eigenvalue weighted by Crippen LogP contribution is 2.40. The summed E-state index contributed by atoms with van der Waals surface area (Å²) in [6.07, 6.45) is 10.3. The first-order chi connectivity index (χ1) is 10.6. The van der Waals surface area contributed by atoms with Crippen molar-refractivity contribution in [3.8, 4) is 0 Å². The molecule has 0 heterocycles. The topological polar surface area (TPSA) is 74.6 Å². The van der Waals surface area contributed by atoms with Gasteiger partial charge in [0.2, 0.25) is 7.37 Å². The normalized spacial score (nSPS) is 15.2. The summed E-state index contributed by atoms with van der Waals surface area (Å²) in [6, 6.07) is 0. The number of aliphatic carboxylic acids is 1. The third-order valence-corrected chi connectivity index (χ3v) is 5.20. The third-order valence-electron chi connectivity index (χ3n) is 3.48. The van der Waals surface area contributed by atoms with Crippen LogP contribution >= 0.6 is 7.37 Å². The fraction of sp³-hybridized carbons (Fsp3) is 0.611. The second kappa shape index (κ2) is 11.4. The van der Waals surface area contributed by atoms with Gasteiger partial charge in [-0.1, -0.05) is 34.9 Å². The molecule has 1 atom stereocenters. The zero-order chi connectivity index (χ0) is 17.9. The molecular weight excluding hydrogens is 311 g/mol. The van der Waals surface area contributed by atoms with Crippen LogP contribution in [0.1, 0.15) is 59.8 Å². The number of hydrogen-bond acceptors (Lipinski definition) is 2. The fourth-order valence-electron chi connectivity index (χ4n) is 2.14. The van der Waals surface area contributed by atoms with Crippen molar-refractivity contribution in [3.63, 3.8) is 0 Å². The Labute approximate surface area is 140 Å². The van der Waals surface area contributed by atoms with Crippen LogP contribution in [0.4, 0.5) is 0 Å². The molecule has 0 aliphatic carbocycles. The molecule has 0 rings (SSSR count). The summed E-state index contributed by atoms with van der Waals surface area (Å²) in [5.41, 5.74) is 3.91. The van der Waals surface area contributed by atoms with E-state index in [0.717, 1.165) is 25.7 Å². The molecule has 132 valence electrons. The van der Waals surface area contributed by atoms with Gasteiger partial charge in [-0.15, -0.1) is 0 Å². The first-order valence-corrected chi connectivity index (χ1v) is 10.1. The zero-order valence-corrected chi connectivity index (χ0v) is 15.7. The molecule has 0 fully saturated rings. The predicted octanol–water partition coefficient (Wildman–Crippen LogP) is 5.15. The molecule has 0 aromatic rings. The van der Waals surface area contributed by atoms with E-state index in [2.05, 4.69) is 32.9 Å². The maximum absolute atomic E-state index is 11.6. The highest BCUT2D eigenvalue weighted by atomic mass is 31.2. The number of hydrogen-bond donors (Lipinski definition) is 2. The smallest absolute Gasteiger partial charge is 0.313 e. The lowest BCUT2D eigenvalue weighted by Crippen LogP contribution is -2.05. The van der Waals surface area contributed by atoms with E-state index in [1.807, 2.05) is 13.0 Å². The minimum absolute atomic E-state index is 0.0359. The third kappa shape index (κ3) is 14.2. The number of carboxylic acid groups (broad SMARTS) is 1. The molecule has 0 aliphatic rings. The molecule has 0 saturated carbocycles. The van der Waals surface area contributed by atoms with Crippen LogP contribution in [0.2, 0.25) is 0 Å². The maximum atomic E-state index is 11.6. The molecule has 0 saturated heterocycles. The van der Waals surface area contributed by atoms with Crippen molar-refractivity contribution in [1.82, 2.24) is 0 Å². The van der Waals surface area contributed by atoms with Gasteiger partial charge in [0.05, 0.1) is 0 Å². The minimum Gasteiger partial charge on any atom is -0.481 e. The van der Waals surface area contributed by atoms with E-state index in [0.29, 0.717) is 6.42 Å². The molecule has 5 heteroatoms. The largest absolute Gasteiger partial charge is 0.481 e. The second-order valence-corrected chi connectivity index (χ2v) is 8.83. The first kappa shape index (κ1) is 21.9. The monoisotopic (exact) mass is 342 g/mol. The van der Waals surface area contributed by atoms with E-state index in [9.17, 15) is 14.3 Å². The van der Waals surface area contributed by atoms with Gasteiger partial charge in [0.1, 0.15) is 6.16 Å². The van der Waals surface area contributed by atoms with E-state index in [-0.39, 0.29) is 6.16 Å². The van der Waals surface area contributed by atoms with Crippen molar-refractivity contribution in [2.24, 2.45) is 0 Å². The summed E-state index contributed by atoms with van der Waals surface area (Å²) in [5, 5.41) is 8.56. The molecule has 0 aliphatic heterocycles. The summed E-state index contributed by atoms with van der Waals surface area (Å²) in [7, 11) is -3.53. The fourth-order valence-corrected chi connectivity index (χ4v) is 3.26. The van der Waals surface area contributed by atoms with Crippen LogP contribution in [0.5, 0.6) is 0 Å². The molecule has 23 heavy (non-hydrogen) atoms. The molecule has 0 aromatic heterocycles. The Hall–Kier alpha value is -1.12. The Morgan fingerprint density at radius 3 is 1.87 bits per heavy atom. The average molecular weight is 342 g/mol. The lowest BCUT2D eigenvalue weighted by molar-refractivity contribution is -0.134. The van der Waals surface area contributed by atoms with Crippen molar-refractivity contribution < 1.29 is 19.4 Å². The van der Waals surface area contributed by atoms with Gasteiger partial charge in [0.25, 0.3) is 0 Å². The quantitative estimate of drug-likeness (QED) is 0.402. The second-order valence-electron chi connectivity index (χ2n) is 6.37. The summed E-state index contributed by atoms with van der Waals surface area (Å²) < 4.78 is 11.6. The summed E-state index contributed by atoms with van der Waals surface area (Å²) in [4.78, 5) is 20.0. The van der Waals surface area contributed by atoms with E-state index in [4.69, 9.17) is 5.11 Å². The molecule has 0 radical (unpaired) electrons. The van der Waals surface area contributed by atoms with E-state index in [1.165, 1.54) is 16.7 Å². The summed E-state index contributed by atoms with van der Waals surface area (Å²) in [6.45, 7) is 8.36. The first-order valence-electron chi connectivity index (χ1n) is 8.09. The van der Waals surface area contributed by atoms with Crippen LogP contribution in [-0.4, -0.2) is 28.3 Å². The zero-order valence-electron chi connectivity index (χ0n) is 14.8. The molecule has 1 unspecified atom stereocenters. The van der Waals surface area contributed by atoms with Crippen LogP contribution in [0.3, 0.4) is 0 Å². The SMILES string of the molecule is CC(C)=CCC/C(C)=C/CC/C(C)=C/CCP(=O)(O)CC(=O)O. The van der Waals surface area contributed by atoms with E-state index < -0.39 is 19.5 Å². The van der Waals surface area contributed by atoms with Crippen molar-refractivity contribution in [1.29, 1.82) is 0 Å². The molecule has 2 N–H and O–H groups in total. The Kier molecular flexibility index (Phi) is 10.9.